The van der Waals surface area contributed by atoms with E-state index < -0.39 is 0 Å². The van der Waals surface area contributed by atoms with Crippen molar-refractivity contribution in [3.63, 3.8) is 0 Å². The first-order chi connectivity index (χ1) is 9.45. The summed E-state index contributed by atoms with van der Waals surface area (Å²) in [4.78, 5) is 23.5. The van der Waals surface area contributed by atoms with Gasteiger partial charge in [0.15, 0.2) is 0 Å². The van der Waals surface area contributed by atoms with Crippen molar-refractivity contribution in [1.82, 2.24) is 4.57 Å². The molecule has 3 N–H and O–H groups in total. The van der Waals surface area contributed by atoms with E-state index in [1.165, 1.54) is 10.6 Å². The second kappa shape index (κ2) is 6.11. The number of hydrogen-bond acceptors (Lipinski definition) is 3. The Balaban J connectivity index is 2.15. The summed E-state index contributed by atoms with van der Waals surface area (Å²) in [5, 5.41) is 3.00. The highest BCUT2D eigenvalue weighted by Gasteiger charge is 2.08. The number of aromatic nitrogens is 1. The third kappa shape index (κ3) is 3.61. The number of benzene rings is 1. The zero-order chi connectivity index (χ0) is 14.7. The molecule has 0 atom stereocenters. The molecule has 2 aromatic rings. The van der Waals surface area contributed by atoms with Gasteiger partial charge < -0.3 is 15.6 Å². The Labute approximate surface area is 128 Å². The van der Waals surface area contributed by atoms with Crippen molar-refractivity contribution >= 4 is 44.8 Å². The number of nitrogens with one attached hydrogen (secondary N) is 1. The standard InChI is InChI=1S/C13H11BrClN3O2/c14-8-1-4-13(20)18(6-8)7-12(19)17-11-5-9(16)2-3-10(11)15/h1-6H,7,16H2,(H,17,19). The van der Waals surface area contributed by atoms with Crippen molar-refractivity contribution < 1.29 is 4.79 Å². The molecule has 1 heterocycles. The van der Waals surface area contributed by atoms with Crippen molar-refractivity contribution in [2.24, 2.45) is 0 Å². The summed E-state index contributed by atoms with van der Waals surface area (Å²) in [5.41, 5.74) is 6.27. The molecule has 0 radical (unpaired) electrons. The fourth-order valence-corrected chi connectivity index (χ4v) is 2.15. The lowest BCUT2D eigenvalue weighted by Crippen LogP contribution is -2.26. The molecule has 0 bridgehead atoms. The molecule has 5 nitrogen and oxygen atoms in total. The van der Waals surface area contributed by atoms with E-state index in [4.69, 9.17) is 17.3 Å². The van der Waals surface area contributed by atoms with Crippen molar-refractivity contribution in [3.8, 4) is 0 Å². The van der Waals surface area contributed by atoms with Gasteiger partial charge in [0.2, 0.25) is 5.91 Å². The predicted molar refractivity (Wildman–Crippen MR) is 82.9 cm³/mol. The third-order valence-corrected chi connectivity index (χ3v) is 3.32. The maximum Gasteiger partial charge on any atom is 0.251 e. The highest BCUT2D eigenvalue weighted by atomic mass is 79.9. The van der Waals surface area contributed by atoms with Crippen LogP contribution in [-0.2, 0) is 11.3 Å². The maximum atomic E-state index is 11.9. The van der Waals surface area contributed by atoms with E-state index in [0.717, 1.165) is 0 Å². The van der Waals surface area contributed by atoms with Gasteiger partial charge in [0.25, 0.3) is 5.56 Å². The first-order valence-electron chi connectivity index (χ1n) is 5.66. The van der Waals surface area contributed by atoms with Gasteiger partial charge in [-0.05, 0) is 40.2 Å². The minimum atomic E-state index is -0.363. The van der Waals surface area contributed by atoms with Gasteiger partial charge in [0.1, 0.15) is 6.54 Å². The largest absolute Gasteiger partial charge is 0.399 e. The third-order valence-electron chi connectivity index (χ3n) is 2.53. The lowest BCUT2D eigenvalue weighted by molar-refractivity contribution is -0.116. The van der Waals surface area contributed by atoms with Crippen LogP contribution in [0.2, 0.25) is 5.02 Å². The number of hydrogen-bond donors (Lipinski definition) is 2. The summed E-state index contributed by atoms with van der Waals surface area (Å²) in [6, 6.07) is 7.79. The molecule has 0 spiro atoms. The molecule has 20 heavy (non-hydrogen) atoms. The van der Waals surface area contributed by atoms with Crippen molar-refractivity contribution in [2.45, 2.75) is 6.54 Å². The number of halogens is 2. The van der Waals surface area contributed by atoms with Crippen LogP contribution < -0.4 is 16.6 Å². The van der Waals surface area contributed by atoms with Gasteiger partial charge in [0.05, 0.1) is 10.7 Å². The number of rotatable bonds is 3. The summed E-state index contributed by atoms with van der Waals surface area (Å²) in [6.07, 6.45) is 1.54. The van der Waals surface area contributed by atoms with Crippen LogP contribution in [-0.4, -0.2) is 10.5 Å². The van der Waals surface area contributed by atoms with Crippen molar-refractivity contribution in [1.29, 1.82) is 0 Å². The SMILES string of the molecule is Nc1ccc(Cl)c(NC(=O)Cn2cc(Br)ccc2=O)c1. The molecule has 0 aliphatic heterocycles. The number of carbonyl (C=O) groups is 1. The number of nitrogens with zero attached hydrogens (tertiary/aromatic N) is 1. The number of nitrogen functional groups attached to an aromatic ring is 1. The summed E-state index contributed by atoms with van der Waals surface area (Å²) in [7, 11) is 0. The molecule has 0 aliphatic carbocycles. The molecule has 104 valence electrons. The van der Waals surface area contributed by atoms with E-state index in [0.29, 0.717) is 20.9 Å². The molecule has 1 aromatic carbocycles. The molecule has 2 rings (SSSR count). The van der Waals surface area contributed by atoms with E-state index in [9.17, 15) is 9.59 Å². The average molecular weight is 357 g/mol. The number of anilines is 2. The van der Waals surface area contributed by atoms with Crippen molar-refractivity contribution in [3.05, 3.63) is 56.4 Å². The molecule has 0 unspecified atom stereocenters. The van der Waals surface area contributed by atoms with Gasteiger partial charge in [-0.15, -0.1) is 0 Å². The Morgan fingerprint density at radius 1 is 1.35 bits per heavy atom. The highest BCUT2D eigenvalue weighted by molar-refractivity contribution is 9.10. The van der Waals surface area contributed by atoms with Crippen LogP contribution in [0.25, 0.3) is 0 Å². The number of carbonyl (C=O) groups excluding carboxylic acids is 1. The normalized spacial score (nSPS) is 10.3. The second-order valence-corrected chi connectivity index (χ2v) is 5.42. The molecular weight excluding hydrogens is 346 g/mol. The van der Waals surface area contributed by atoms with Gasteiger partial charge in [0, 0.05) is 22.4 Å². The predicted octanol–water partition coefficient (Wildman–Crippen LogP) is 2.49. The van der Waals surface area contributed by atoms with E-state index >= 15 is 0 Å². The van der Waals surface area contributed by atoms with Crippen LogP contribution >= 0.6 is 27.5 Å². The fraction of sp³-hybridized carbons (Fsp3) is 0.0769. The first kappa shape index (κ1) is 14.6. The monoisotopic (exact) mass is 355 g/mol. The van der Waals surface area contributed by atoms with Crippen molar-refractivity contribution in [2.75, 3.05) is 11.1 Å². The minimum Gasteiger partial charge on any atom is -0.399 e. The summed E-state index contributed by atoms with van der Waals surface area (Å²) in [6.45, 7) is -0.108. The highest BCUT2D eigenvalue weighted by Crippen LogP contribution is 2.23. The van der Waals surface area contributed by atoms with E-state index in [-0.39, 0.29) is 18.0 Å². The van der Waals surface area contributed by atoms with Gasteiger partial charge in [-0.1, -0.05) is 11.6 Å². The topological polar surface area (TPSA) is 77.1 Å². The summed E-state index contributed by atoms with van der Waals surface area (Å²) >= 11 is 9.20. The van der Waals surface area contributed by atoms with Gasteiger partial charge in [-0.3, -0.25) is 9.59 Å². The van der Waals surface area contributed by atoms with E-state index in [1.807, 2.05) is 0 Å². The first-order valence-corrected chi connectivity index (χ1v) is 6.83. The Hall–Kier alpha value is -1.79. The zero-order valence-electron chi connectivity index (χ0n) is 10.3. The van der Waals surface area contributed by atoms with Gasteiger partial charge in [-0.2, -0.15) is 0 Å². The number of amides is 1. The van der Waals surface area contributed by atoms with Crippen LogP contribution in [0.1, 0.15) is 0 Å². The van der Waals surface area contributed by atoms with Crippen LogP contribution in [0.5, 0.6) is 0 Å². The number of pyridine rings is 1. The van der Waals surface area contributed by atoms with Gasteiger partial charge in [-0.25, -0.2) is 0 Å². The minimum absolute atomic E-state index is 0.108. The van der Waals surface area contributed by atoms with Gasteiger partial charge >= 0.3 is 0 Å². The molecule has 0 saturated heterocycles. The number of nitrogens with two attached hydrogens (primary N) is 1. The van der Waals surface area contributed by atoms with Crippen LogP contribution in [0, 0.1) is 0 Å². The van der Waals surface area contributed by atoms with Crippen LogP contribution in [0.4, 0.5) is 11.4 Å². The average Bonchev–Trinajstić information content (AvgIpc) is 2.38. The second-order valence-electron chi connectivity index (χ2n) is 4.10. The Kier molecular flexibility index (Phi) is 4.46. The lowest BCUT2D eigenvalue weighted by atomic mass is 10.3. The molecule has 0 aliphatic rings. The molecule has 1 aromatic heterocycles. The molecular formula is C13H11BrClN3O2. The summed E-state index contributed by atoms with van der Waals surface area (Å²) in [5.74, 6) is -0.363. The Morgan fingerprint density at radius 3 is 2.85 bits per heavy atom. The fourth-order valence-electron chi connectivity index (χ4n) is 1.61. The maximum absolute atomic E-state index is 11.9. The van der Waals surface area contributed by atoms with Crippen LogP contribution in [0.3, 0.4) is 0 Å². The van der Waals surface area contributed by atoms with Crippen LogP contribution in [0.15, 0.2) is 45.8 Å². The summed E-state index contributed by atoms with van der Waals surface area (Å²) < 4.78 is 2.01. The quantitative estimate of drug-likeness (QED) is 0.830. The smallest absolute Gasteiger partial charge is 0.251 e. The molecule has 1 amide bonds. The van der Waals surface area contributed by atoms with E-state index in [2.05, 4.69) is 21.2 Å². The zero-order valence-corrected chi connectivity index (χ0v) is 12.6. The lowest BCUT2D eigenvalue weighted by Gasteiger charge is -2.09. The van der Waals surface area contributed by atoms with E-state index in [1.54, 1.807) is 30.5 Å². The Bertz CT molecular complexity index is 715. The Morgan fingerprint density at radius 2 is 2.10 bits per heavy atom. The molecule has 0 saturated carbocycles. The molecule has 7 heteroatoms. The molecule has 0 fully saturated rings.